The molecule has 0 amide bonds. The summed E-state index contributed by atoms with van der Waals surface area (Å²) in [5.74, 6) is 1.66. The van der Waals surface area contributed by atoms with Crippen molar-refractivity contribution in [1.82, 2.24) is 9.88 Å². The van der Waals surface area contributed by atoms with E-state index in [2.05, 4.69) is 33.6 Å². The van der Waals surface area contributed by atoms with Gasteiger partial charge < -0.3 is 20.3 Å². The molecule has 2 aromatic rings. The first-order chi connectivity index (χ1) is 10.2. The molecule has 21 heavy (non-hydrogen) atoms. The first-order valence-electron chi connectivity index (χ1n) is 7.07. The average molecular weight is 284 g/mol. The van der Waals surface area contributed by atoms with Gasteiger partial charge in [0.2, 0.25) is 0 Å². The zero-order valence-corrected chi connectivity index (χ0v) is 12.4. The molecule has 0 bridgehead atoms. The van der Waals surface area contributed by atoms with Crippen LogP contribution in [0.25, 0.3) is 0 Å². The van der Waals surface area contributed by atoms with E-state index in [9.17, 15) is 0 Å². The monoisotopic (exact) mass is 284 g/mol. The number of nitrogens with one attached hydrogen (secondary N) is 2. The molecule has 0 atom stereocenters. The molecule has 3 rings (SSSR count). The van der Waals surface area contributed by atoms with Gasteiger partial charge in [0, 0.05) is 54.9 Å². The highest BCUT2D eigenvalue weighted by atomic mass is 16.5. The number of likely N-dealkylation sites (N-methyl/N-ethyl adjacent to an activating group) is 1. The number of benzene rings is 1. The van der Waals surface area contributed by atoms with Gasteiger partial charge in [0.05, 0.1) is 7.11 Å². The minimum Gasteiger partial charge on any atom is -0.497 e. The molecule has 1 aliphatic rings. The van der Waals surface area contributed by atoms with Gasteiger partial charge in [-0.2, -0.15) is 0 Å². The number of ether oxygens (including phenoxy) is 1. The van der Waals surface area contributed by atoms with Crippen LogP contribution in [-0.2, 0) is 6.54 Å². The lowest BCUT2D eigenvalue weighted by Crippen LogP contribution is -2.20. The zero-order chi connectivity index (χ0) is 14.7. The summed E-state index contributed by atoms with van der Waals surface area (Å²) in [4.78, 5) is 6.79. The Labute approximate surface area is 125 Å². The Morgan fingerprint density at radius 3 is 3.10 bits per heavy atom. The van der Waals surface area contributed by atoms with Gasteiger partial charge in [-0.1, -0.05) is 6.07 Å². The van der Waals surface area contributed by atoms with Crippen LogP contribution in [0.5, 0.6) is 5.75 Å². The van der Waals surface area contributed by atoms with Crippen molar-refractivity contribution in [2.45, 2.75) is 6.54 Å². The van der Waals surface area contributed by atoms with Crippen LogP contribution in [0.15, 0.2) is 36.5 Å². The summed E-state index contributed by atoms with van der Waals surface area (Å²) in [6.07, 6.45) is 1.94. The van der Waals surface area contributed by atoms with Crippen molar-refractivity contribution < 1.29 is 4.74 Å². The highest BCUT2D eigenvalue weighted by molar-refractivity contribution is 5.64. The second-order valence-electron chi connectivity index (χ2n) is 5.25. The van der Waals surface area contributed by atoms with Gasteiger partial charge >= 0.3 is 0 Å². The lowest BCUT2D eigenvalue weighted by atomic mass is 10.2. The minimum atomic E-state index is 0.828. The number of pyridine rings is 1. The van der Waals surface area contributed by atoms with E-state index in [1.807, 2.05) is 30.5 Å². The molecule has 0 radical (unpaired) electrons. The maximum atomic E-state index is 5.23. The summed E-state index contributed by atoms with van der Waals surface area (Å²) in [7, 11) is 3.79. The molecular weight excluding hydrogens is 264 g/mol. The Hall–Kier alpha value is -2.27. The number of fused-ring (bicyclic) bond motifs is 1. The minimum absolute atomic E-state index is 0.828. The van der Waals surface area contributed by atoms with E-state index < -0.39 is 0 Å². The molecule has 2 heterocycles. The first-order valence-corrected chi connectivity index (χ1v) is 7.07. The number of hydrogen-bond donors (Lipinski definition) is 2. The SMILES string of the molecule is COc1cccc(Nc2cc3c(cn2)CN(C)CCN3)c1. The largest absolute Gasteiger partial charge is 0.497 e. The normalized spacial score (nSPS) is 14.8. The van der Waals surface area contributed by atoms with E-state index in [-0.39, 0.29) is 0 Å². The highest BCUT2D eigenvalue weighted by Crippen LogP contribution is 2.25. The van der Waals surface area contributed by atoms with Crippen LogP contribution in [-0.4, -0.2) is 37.1 Å². The zero-order valence-electron chi connectivity index (χ0n) is 12.4. The van der Waals surface area contributed by atoms with Crippen LogP contribution < -0.4 is 15.4 Å². The Bertz CT molecular complexity index is 629. The van der Waals surface area contributed by atoms with E-state index in [0.717, 1.165) is 42.6 Å². The molecular formula is C16H20N4O. The van der Waals surface area contributed by atoms with Gasteiger partial charge in [-0.25, -0.2) is 4.98 Å². The van der Waals surface area contributed by atoms with Gasteiger partial charge in [-0.05, 0) is 19.2 Å². The highest BCUT2D eigenvalue weighted by Gasteiger charge is 2.12. The third-order valence-corrected chi connectivity index (χ3v) is 3.58. The van der Waals surface area contributed by atoms with Crippen molar-refractivity contribution in [3.63, 3.8) is 0 Å². The molecule has 1 aliphatic heterocycles. The summed E-state index contributed by atoms with van der Waals surface area (Å²) < 4.78 is 5.23. The number of rotatable bonds is 3. The number of methoxy groups -OCH3 is 1. The van der Waals surface area contributed by atoms with Crippen molar-refractivity contribution in [2.24, 2.45) is 0 Å². The van der Waals surface area contributed by atoms with Gasteiger partial charge in [-0.3, -0.25) is 0 Å². The Balaban J connectivity index is 1.81. The third-order valence-electron chi connectivity index (χ3n) is 3.58. The molecule has 0 aliphatic carbocycles. The smallest absolute Gasteiger partial charge is 0.132 e. The third kappa shape index (κ3) is 3.25. The summed E-state index contributed by atoms with van der Waals surface area (Å²) in [6, 6.07) is 9.89. The van der Waals surface area contributed by atoms with Crippen molar-refractivity contribution in [3.8, 4) is 5.75 Å². The second-order valence-corrected chi connectivity index (χ2v) is 5.25. The summed E-state index contributed by atoms with van der Waals surface area (Å²) in [5, 5.41) is 6.77. The van der Waals surface area contributed by atoms with E-state index in [1.54, 1.807) is 7.11 Å². The Kier molecular flexibility index (Phi) is 3.92. The Morgan fingerprint density at radius 1 is 1.33 bits per heavy atom. The summed E-state index contributed by atoms with van der Waals surface area (Å²) in [5.41, 5.74) is 3.35. The molecule has 0 saturated heterocycles. The second kappa shape index (κ2) is 6.01. The van der Waals surface area contributed by atoms with Crippen LogP contribution in [0.4, 0.5) is 17.2 Å². The van der Waals surface area contributed by atoms with E-state index in [4.69, 9.17) is 4.74 Å². The molecule has 0 unspecified atom stereocenters. The van der Waals surface area contributed by atoms with Crippen LogP contribution in [0, 0.1) is 0 Å². The molecule has 1 aromatic carbocycles. The van der Waals surface area contributed by atoms with Crippen molar-refractivity contribution in [3.05, 3.63) is 42.1 Å². The van der Waals surface area contributed by atoms with Crippen LogP contribution in [0.1, 0.15) is 5.56 Å². The lowest BCUT2D eigenvalue weighted by Gasteiger charge is -2.13. The maximum absolute atomic E-state index is 5.23. The Morgan fingerprint density at radius 2 is 2.24 bits per heavy atom. The number of nitrogens with zero attached hydrogens (tertiary/aromatic N) is 2. The number of aromatic nitrogens is 1. The van der Waals surface area contributed by atoms with Gasteiger partial charge in [0.25, 0.3) is 0 Å². The topological polar surface area (TPSA) is 49.4 Å². The average Bonchev–Trinajstić information content (AvgIpc) is 2.68. The van der Waals surface area contributed by atoms with Crippen LogP contribution in [0.2, 0.25) is 0 Å². The summed E-state index contributed by atoms with van der Waals surface area (Å²) in [6.45, 7) is 2.91. The maximum Gasteiger partial charge on any atom is 0.132 e. The van der Waals surface area contributed by atoms with E-state index in [0.29, 0.717) is 0 Å². The molecule has 2 N–H and O–H groups in total. The van der Waals surface area contributed by atoms with E-state index >= 15 is 0 Å². The predicted molar refractivity (Wildman–Crippen MR) is 85.3 cm³/mol. The molecule has 0 spiro atoms. The first kappa shape index (κ1) is 13.7. The summed E-state index contributed by atoms with van der Waals surface area (Å²) >= 11 is 0. The predicted octanol–water partition coefficient (Wildman–Crippen LogP) is 2.69. The number of hydrogen-bond acceptors (Lipinski definition) is 5. The molecule has 0 fully saturated rings. The fourth-order valence-electron chi connectivity index (χ4n) is 2.44. The molecule has 0 saturated carbocycles. The van der Waals surface area contributed by atoms with Gasteiger partial charge in [0.1, 0.15) is 11.6 Å². The quantitative estimate of drug-likeness (QED) is 0.907. The van der Waals surface area contributed by atoms with E-state index in [1.165, 1.54) is 5.56 Å². The standard InChI is InChI=1S/C16H20N4O/c1-20-7-6-17-15-9-16(18-10-12(15)11-20)19-13-4-3-5-14(8-13)21-2/h3-5,8-10,17H,6-7,11H2,1-2H3,(H,18,19). The molecule has 1 aromatic heterocycles. The number of anilines is 3. The van der Waals surface area contributed by atoms with Crippen molar-refractivity contribution in [1.29, 1.82) is 0 Å². The van der Waals surface area contributed by atoms with Gasteiger partial charge in [0.15, 0.2) is 0 Å². The molecule has 5 nitrogen and oxygen atoms in total. The molecule has 110 valence electrons. The fourth-order valence-corrected chi connectivity index (χ4v) is 2.44. The van der Waals surface area contributed by atoms with Crippen LogP contribution in [0.3, 0.4) is 0 Å². The van der Waals surface area contributed by atoms with Gasteiger partial charge in [-0.15, -0.1) is 0 Å². The lowest BCUT2D eigenvalue weighted by molar-refractivity contribution is 0.346. The van der Waals surface area contributed by atoms with Crippen molar-refractivity contribution in [2.75, 3.05) is 37.9 Å². The fraction of sp³-hybridized carbons (Fsp3) is 0.312. The van der Waals surface area contributed by atoms with Crippen molar-refractivity contribution >= 4 is 17.2 Å². The van der Waals surface area contributed by atoms with Crippen LogP contribution >= 0.6 is 0 Å². The molecule has 5 heteroatoms.